The number of carbonyl (C=O) groups is 2. The number of halogens is 2. The van der Waals surface area contributed by atoms with Gasteiger partial charge in [-0.15, -0.1) is 0 Å². The van der Waals surface area contributed by atoms with Crippen molar-refractivity contribution in [2.24, 2.45) is 0 Å². The van der Waals surface area contributed by atoms with Crippen LogP contribution in [-0.2, 0) is 11.3 Å². The molecule has 0 aromatic heterocycles. The van der Waals surface area contributed by atoms with Crippen LogP contribution < -0.4 is 10.6 Å². The van der Waals surface area contributed by atoms with Crippen molar-refractivity contribution in [1.29, 1.82) is 0 Å². The van der Waals surface area contributed by atoms with E-state index in [-0.39, 0.29) is 12.1 Å². The van der Waals surface area contributed by atoms with Crippen LogP contribution in [-0.4, -0.2) is 19.1 Å². The highest BCUT2D eigenvalue weighted by atomic mass is 35.5. The molecule has 2 aromatic rings. The summed E-state index contributed by atoms with van der Waals surface area (Å²) in [5.41, 5.74) is 2.18. The zero-order valence-electron chi connectivity index (χ0n) is 13.8. The van der Waals surface area contributed by atoms with E-state index >= 15 is 0 Å². The highest BCUT2D eigenvalue weighted by Gasteiger charge is 2.11. The van der Waals surface area contributed by atoms with Gasteiger partial charge < -0.3 is 15.4 Å². The molecule has 0 saturated carbocycles. The van der Waals surface area contributed by atoms with E-state index in [9.17, 15) is 9.59 Å². The van der Waals surface area contributed by atoms with Gasteiger partial charge in [-0.25, -0.2) is 9.59 Å². The molecule has 132 valence electrons. The number of carbonyl (C=O) groups excluding carboxylic acids is 2. The Balaban J connectivity index is 1.87. The number of amides is 2. The Bertz CT molecular complexity index is 763. The van der Waals surface area contributed by atoms with E-state index in [2.05, 4.69) is 15.4 Å². The molecule has 0 fully saturated rings. The minimum Gasteiger partial charge on any atom is -0.465 e. The van der Waals surface area contributed by atoms with Gasteiger partial charge in [0.1, 0.15) is 0 Å². The second kappa shape index (κ2) is 8.74. The Kier molecular flexibility index (Phi) is 6.67. The highest BCUT2D eigenvalue weighted by Crippen LogP contribution is 2.25. The van der Waals surface area contributed by atoms with E-state index in [4.69, 9.17) is 23.2 Å². The average molecular weight is 381 g/mol. The lowest BCUT2D eigenvalue weighted by atomic mass is 10.1. The maximum Gasteiger partial charge on any atom is 0.337 e. The number of esters is 1. The molecule has 0 bridgehead atoms. The van der Waals surface area contributed by atoms with Gasteiger partial charge in [0.25, 0.3) is 0 Å². The molecule has 25 heavy (non-hydrogen) atoms. The summed E-state index contributed by atoms with van der Waals surface area (Å²) in [6.45, 7) is 2.19. The third kappa shape index (κ3) is 5.37. The number of methoxy groups -OCH3 is 1. The van der Waals surface area contributed by atoms with Crippen molar-refractivity contribution in [3.05, 3.63) is 69.2 Å². The monoisotopic (exact) mass is 380 g/mol. The normalized spacial score (nSPS) is 11.5. The highest BCUT2D eigenvalue weighted by molar-refractivity contribution is 6.42. The van der Waals surface area contributed by atoms with Crippen LogP contribution in [0.2, 0.25) is 10.0 Å². The van der Waals surface area contributed by atoms with Gasteiger partial charge in [0.15, 0.2) is 0 Å². The first-order valence-electron chi connectivity index (χ1n) is 7.57. The van der Waals surface area contributed by atoms with Gasteiger partial charge in [-0.1, -0.05) is 41.4 Å². The van der Waals surface area contributed by atoms with Crippen molar-refractivity contribution in [2.75, 3.05) is 7.11 Å². The largest absolute Gasteiger partial charge is 0.465 e. The fourth-order valence-electron chi connectivity index (χ4n) is 2.17. The Morgan fingerprint density at radius 2 is 1.76 bits per heavy atom. The fraction of sp³-hybridized carbons (Fsp3) is 0.222. The quantitative estimate of drug-likeness (QED) is 0.758. The second-order valence-electron chi connectivity index (χ2n) is 5.41. The van der Waals surface area contributed by atoms with Crippen molar-refractivity contribution < 1.29 is 14.3 Å². The Morgan fingerprint density at radius 3 is 2.36 bits per heavy atom. The van der Waals surface area contributed by atoms with E-state index in [0.717, 1.165) is 11.1 Å². The van der Waals surface area contributed by atoms with Crippen molar-refractivity contribution in [3.63, 3.8) is 0 Å². The Labute approximate surface area is 156 Å². The number of urea groups is 1. The summed E-state index contributed by atoms with van der Waals surface area (Å²) >= 11 is 11.9. The summed E-state index contributed by atoms with van der Waals surface area (Å²) in [6, 6.07) is 11.5. The summed E-state index contributed by atoms with van der Waals surface area (Å²) in [6.07, 6.45) is 0. The van der Waals surface area contributed by atoms with Crippen LogP contribution in [0.15, 0.2) is 42.5 Å². The molecule has 2 aromatic carbocycles. The number of nitrogens with one attached hydrogen (secondary N) is 2. The van der Waals surface area contributed by atoms with Crippen LogP contribution >= 0.6 is 23.2 Å². The molecular weight excluding hydrogens is 363 g/mol. The SMILES string of the molecule is COC(=O)c1ccc(CNC(=O)NC(C)c2ccc(Cl)c(Cl)c2)cc1. The summed E-state index contributed by atoms with van der Waals surface area (Å²) in [5.74, 6) is -0.396. The molecule has 0 saturated heterocycles. The zero-order valence-corrected chi connectivity index (χ0v) is 15.3. The van der Waals surface area contributed by atoms with Gasteiger partial charge in [-0.05, 0) is 42.3 Å². The van der Waals surface area contributed by atoms with Crippen LogP contribution in [0.1, 0.15) is 34.5 Å². The summed E-state index contributed by atoms with van der Waals surface area (Å²) in [4.78, 5) is 23.4. The summed E-state index contributed by atoms with van der Waals surface area (Å²) in [5, 5.41) is 6.50. The minimum absolute atomic E-state index is 0.225. The Hall–Kier alpha value is -2.24. The second-order valence-corrected chi connectivity index (χ2v) is 6.23. The molecule has 2 N–H and O–H groups in total. The van der Waals surface area contributed by atoms with E-state index in [0.29, 0.717) is 22.2 Å². The lowest BCUT2D eigenvalue weighted by molar-refractivity contribution is 0.0600. The number of hydrogen-bond donors (Lipinski definition) is 2. The van der Waals surface area contributed by atoms with Crippen molar-refractivity contribution in [3.8, 4) is 0 Å². The molecule has 5 nitrogen and oxygen atoms in total. The van der Waals surface area contributed by atoms with Crippen molar-refractivity contribution in [2.45, 2.75) is 19.5 Å². The van der Waals surface area contributed by atoms with Crippen LogP contribution in [0.4, 0.5) is 4.79 Å². The number of hydrogen-bond acceptors (Lipinski definition) is 3. The predicted molar refractivity (Wildman–Crippen MR) is 98.0 cm³/mol. The van der Waals surface area contributed by atoms with Gasteiger partial charge >= 0.3 is 12.0 Å². The lowest BCUT2D eigenvalue weighted by Crippen LogP contribution is -2.36. The molecule has 0 heterocycles. The maximum atomic E-state index is 12.0. The van der Waals surface area contributed by atoms with Gasteiger partial charge in [-0.2, -0.15) is 0 Å². The molecule has 0 aliphatic heterocycles. The fourth-order valence-corrected chi connectivity index (χ4v) is 2.48. The molecule has 1 atom stereocenters. The Morgan fingerprint density at radius 1 is 1.08 bits per heavy atom. The molecule has 0 aliphatic carbocycles. The van der Waals surface area contributed by atoms with Gasteiger partial charge in [0.05, 0.1) is 28.8 Å². The molecule has 2 amide bonds. The third-order valence-corrected chi connectivity index (χ3v) is 4.36. The number of ether oxygens (including phenoxy) is 1. The van der Waals surface area contributed by atoms with Crippen LogP contribution in [0.5, 0.6) is 0 Å². The summed E-state index contributed by atoms with van der Waals surface area (Å²) in [7, 11) is 1.33. The standard InChI is InChI=1S/C18H18Cl2N2O3/c1-11(14-7-8-15(19)16(20)9-14)22-18(24)21-10-12-3-5-13(6-4-12)17(23)25-2/h3-9,11H,10H2,1-2H3,(H2,21,22,24). The first kappa shape index (κ1) is 19.1. The topological polar surface area (TPSA) is 67.4 Å². The average Bonchev–Trinajstić information content (AvgIpc) is 2.62. The smallest absolute Gasteiger partial charge is 0.337 e. The van der Waals surface area contributed by atoms with Gasteiger partial charge in [0, 0.05) is 6.54 Å². The molecule has 1 unspecified atom stereocenters. The summed E-state index contributed by atoms with van der Waals surface area (Å²) < 4.78 is 4.64. The molecular formula is C18H18Cl2N2O3. The predicted octanol–water partition coefficient (Wildman–Crippen LogP) is 4.34. The molecule has 7 heteroatoms. The molecule has 0 radical (unpaired) electrons. The van der Waals surface area contributed by atoms with Crippen LogP contribution in [0, 0.1) is 0 Å². The zero-order chi connectivity index (χ0) is 18.4. The number of benzene rings is 2. The number of rotatable bonds is 5. The van der Waals surface area contributed by atoms with Crippen molar-refractivity contribution >= 4 is 35.2 Å². The first-order chi connectivity index (χ1) is 11.9. The van der Waals surface area contributed by atoms with Crippen LogP contribution in [0.3, 0.4) is 0 Å². The van der Waals surface area contributed by atoms with E-state index in [1.54, 1.807) is 36.4 Å². The van der Waals surface area contributed by atoms with E-state index in [1.165, 1.54) is 7.11 Å². The molecule has 0 aliphatic rings. The molecule has 2 rings (SSSR count). The van der Waals surface area contributed by atoms with Gasteiger partial charge in [0.2, 0.25) is 0 Å². The van der Waals surface area contributed by atoms with Crippen LogP contribution in [0.25, 0.3) is 0 Å². The minimum atomic E-state index is -0.396. The van der Waals surface area contributed by atoms with Crippen molar-refractivity contribution in [1.82, 2.24) is 10.6 Å². The first-order valence-corrected chi connectivity index (χ1v) is 8.33. The van der Waals surface area contributed by atoms with E-state index < -0.39 is 5.97 Å². The van der Waals surface area contributed by atoms with Gasteiger partial charge in [-0.3, -0.25) is 0 Å². The lowest BCUT2D eigenvalue weighted by Gasteiger charge is -2.16. The third-order valence-electron chi connectivity index (χ3n) is 3.62. The van der Waals surface area contributed by atoms with E-state index in [1.807, 2.05) is 13.0 Å². The molecule has 0 spiro atoms. The maximum absolute atomic E-state index is 12.0.